The molecule has 1 atom stereocenters. The Morgan fingerprint density at radius 3 is 2.58 bits per heavy atom. The highest BCUT2D eigenvalue weighted by atomic mass is 32.2. The predicted octanol–water partition coefficient (Wildman–Crippen LogP) is 1.24. The maximum Gasteiger partial charge on any atom is 0.335 e. The number of aromatic amines is 1. The van der Waals surface area contributed by atoms with Crippen molar-refractivity contribution in [2.75, 3.05) is 17.9 Å². The lowest BCUT2D eigenvalue weighted by Crippen LogP contribution is -2.32. The van der Waals surface area contributed by atoms with Crippen molar-refractivity contribution in [1.29, 1.82) is 0 Å². The van der Waals surface area contributed by atoms with Crippen LogP contribution in [0.3, 0.4) is 0 Å². The van der Waals surface area contributed by atoms with Gasteiger partial charge in [-0.15, -0.1) is 11.8 Å². The number of rotatable bonds is 10. The second kappa shape index (κ2) is 9.89. The average molecular weight is 400 g/mol. The summed E-state index contributed by atoms with van der Waals surface area (Å²) >= 11 is 1.11. The first-order valence-corrected chi connectivity index (χ1v) is 10.8. The van der Waals surface area contributed by atoms with Crippen molar-refractivity contribution in [3.8, 4) is 0 Å². The van der Waals surface area contributed by atoms with Gasteiger partial charge in [-0.05, 0) is 5.56 Å². The summed E-state index contributed by atoms with van der Waals surface area (Å²) in [4.78, 5) is 43.1. The van der Waals surface area contributed by atoms with Gasteiger partial charge in [0.1, 0.15) is 0 Å². The van der Waals surface area contributed by atoms with E-state index in [-0.39, 0.29) is 18.0 Å². The van der Waals surface area contributed by atoms with Gasteiger partial charge in [-0.25, -0.2) is 4.79 Å². The van der Waals surface area contributed by atoms with Gasteiger partial charge in [0.05, 0.1) is 18.7 Å². The molecule has 1 unspecified atom stereocenters. The van der Waals surface area contributed by atoms with Gasteiger partial charge in [-0.2, -0.15) is 0 Å². The second-order valence-corrected chi connectivity index (χ2v) is 8.90. The molecule has 8 nitrogen and oxygen atoms in total. The quantitative estimate of drug-likeness (QED) is 0.513. The van der Waals surface area contributed by atoms with Crippen LogP contribution in [0.2, 0.25) is 0 Å². The minimum Gasteiger partial charge on any atom is -0.376 e. The lowest BCUT2D eigenvalue weighted by atomic mass is 10.2. The van der Waals surface area contributed by atoms with Gasteiger partial charge >= 0.3 is 13.3 Å². The Bertz CT molecular complexity index is 848. The number of ether oxygens (including phenoxy) is 1. The SMILES string of the molecule is O=c1ccn(CC(COCc2ccccc2)CSCP(=O)(O)O)c(=O)[nH]1. The van der Waals surface area contributed by atoms with E-state index in [0.29, 0.717) is 19.0 Å². The number of H-pyrrole nitrogens is 1. The highest BCUT2D eigenvalue weighted by Gasteiger charge is 2.17. The smallest absolute Gasteiger partial charge is 0.335 e. The first kappa shape index (κ1) is 20.7. The van der Waals surface area contributed by atoms with Gasteiger partial charge in [0.25, 0.3) is 5.56 Å². The molecule has 0 aliphatic rings. The van der Waals surface area contributed by atoms with Crippen LogP contribution in [0.4, 0.5) is 0 Å². The van der Waals surface area contributed by atoms with Gasteiger partial charge in [0.15, 0.2) is 0 Å². The molecule has 0 spiro atoms. The molecule has 142 valence electrons. The van der Waals surface area contributed by atoms with E-state index in [2.05, 4.69) is 4.98 Å². The lowest BCUT2D eigenvalue weighted by molar-refractivity contribution is 0.0878. The molecule has 2 rings (SSSR count). The minimum absolute atomic E-state index is 0.154. The number of aromatic nitrogens is 2. The van der Waals surface area contributed by atoms with Crippen molar-refractivity contribution in [3.05, 3.63) is 69.0 Å². The van der Waals surface area contributed by atoms with Crippen molar-refractivity contribution < 1.29 is 19.1 Å². The van der Waals surface area contributed by atoms with Gasteiger partial charge in [-0.3, -0.25) is 14.3 Å². The molecule has 0 radical (unpaired) electrons. The van der Waals surface area contributed by atoms with Crippen LogP contribution in [0.1, 0.15) is 5.56 Å². The molecule has 26 heavy (non-hydrogen) atoms. The molecule has 1 aromatic heterocycles. The topological polar surface area (TPSA) is 122 Å². The van der Waals surface area contributed by atoms with Crippen LogP contribution in [0.25, 0.3) is 0 Å². The standard InChI is InChI=1S/C16H21N2O6PS/c19-15-6-7-18(16(20)17-15)8-14(11-26-12-25(21,22)23)10-24-9-13-4-2-1-3-5-13/h1-7,14H,8-12H2,(H,17,19,20)(H2,21,22,23). The van der Waals surface area contributed by atoms with Crippen LogP contribution in [0, 0.1) is 5.92 Å². The third-order valence-electron chi connectivity index (χ3n) is 3.43. The van der Waals surface area contributed by atoms with E-state index in [4.69, 9.17) is 14.5 Å². The van der Waals surface area contributed by atoms with Crippen LogP contribution in [0.5, 0.6) is 0 Å². The van der Waals surface area contributed by atoms with E-state index in [1.165, 1.54) is 16.8 Å². The Kier molecular flexibility index (Phi) is 7.86. The lowest BCUT2D eigenvalue weighted by Gasteiger charge is -2.18. The fraction of sp³-hybridized carbons (Fsp3) is 0.375. The molecule has 0 amide bonds. The largest absolute Gasteiger partial charge is 0.376 e. The summed E-state index contributed by atoms with van der Waals surface area (Å²) in [6, 6.07) is 10.9. The average Bonchev–Trinajstić information content (AvgIpc) is 2.57. The molecule has 1 aromatic carbocycles. The molecule has 10 heteroatoms. The summed E-state index contributed by atoms with van der Waals surface area (Å²) < 4.78 is 18.1. The zero-order valence-corrected chi connectivity index (χ0v) is 15.7. The van der Waals surface area contributed by atoms with Crippen LogP contribution < -0.4 is 11.2 Å². The summed E-state index contributed by atoms with van der Waals surface area (Å²) in [6.45, 7) is 0.994. The Labute approximate surface area is 154 Å². The van der Waals surface area contributed by atoms with Gasteiger partial charge in [0.2, 0.25) is 0 Å². The Morgan fingerprint density at radius 2 is 1.92 bits per heavy atom. The maximum atomic E-state index is 11.8. The fourth-order valence-electron chi connectivity index (χ4n) is 2.28. The molecule has 3 N–H and O–H groups in total. The van der Waals surface area contributed by atoms with Crippen molar-refractivity contribution >= 4 is 19.4 Å². The molecule has 0 fully saturated rings. The Hall–Kier alpha value is -1.64. The number of nitrogens with one attached hydrogen (secondary N) is 1. The number of hydrogen-bond acceptors (Lipinski definition) is 5. The summed E-state index contributed by atoms with van der Waals surface area (Å²) in [5.41, 5.74) is -0.275. The zero-order chi connectivity index (χ0) is 19.0. The molecule has 0 saturated carbocycles. The van der Waals surface area contributed by atoms with Crippen molar-refractivity contribution in [3.63, 3.8) is 0 Å². The predicted molar refractivity (Wildman–Crippen MR) is 100 cm³/mol. The van der Waals surface area contributed by atoms with Gasteiger partial charge < -0.3 is 19.1 Å². The maximum absolute atomic E-state index is 11.8. The fourth-order valence-corrected chi connectivity index (χ4v) is 4.18. The molecule has 0 aliphatic carbocycles. The number of benzene rings is 1. The van der Waals surface area contributed by atoms with Gasteiger partial charge in [-0.1, -0.05) is 30.3 Å². The van der Waals surface area contributed by atoms with Crippen LogP contribution in [0.15, 0.2) is 52.2 Å². The number of thioether (sulfide) groups is 1. The summed E-state index contributed by atoms with van der Waals surface area (Å²) in [5, 5.41) is 0. The van der Waals surface area contributed by atoms with Gasteiger partial charge in [0, 0.05) is 30.5 Å². The highest BCUT2D eigenvalue weighted by Crippen LogP contribution is 2.39. The van der Waals surface area contributed by atoms with Crippen molar-refractivity contribution in [2.45, 2.75) is 13.2 Å². The molecule has 1 heterocycles. The third-order valence-corrected chi connectivity index (χ3v) is 6.21. The van der Waals surface area contributed by atoms with Crippen LogP contribution in [-0.4, -0.2) is 37.2 Å². The highest BCUT2D eigenvalue weighted by molar-refractivity contribution is 8.04. The molecular weight excluding hydrogens is 379 g/mol. The number of nitrogens with zero attached hydrogens (tertiary/aromatic N) is 1. The molecule has 0 aliphatic heterocycles. The summed E-state index contributed by atoms with van der Waals surface area (Å²) in [7, 11) is -4.09. The molecule has 0 saturated heterocycles. The summed E-state index contributed by atoms with van der Waals surface area (Å²) in [5.74, 6) is 0.254. The second-order valence-electron chi connectivity index (χ2n) is 5.79. The van der Waals surface area contributed by atoms with E-state index in [1.54, 1.807) is 0 Å². The van der Waals surface area contributed by atoms with Crippen LogP contribution >= 0.6 is 19.4 Å². The number of hydrogen-bond donors (Lipinski definition) is 3. The minimum atomic E-state index is -4.09. The summed E-state index contributed by atoms with van der Waals surface area (Å²) in [6.07, 6.45) is 1.40. The van der Waals surface area contributed by atoms with Crippen molar-refractivity contribution in [1.82, 2.24) is 9.55 Å². The Balaban J connectivity index is 1.96. The van der Waals surface area contributed by atoms with E-state index < -0.39 is 18.8 Å². The Morgan fingerprint density at radius 1 is 1.19 bits per heavy atom. The zero-order valence-electron chi connectivity index (χ0n) is 14.0. The van der Waals surface area contributed by atoms with Crippen molar-refractivity contribution in [2.24, 2.45) is 5.92 Å². The van der Waals surface area contributed by atoms with Crippen LogP contribution in [-0.2, 0) is 22.5 Å². The van der Waals surface area contributed by atoms with E-state index in [1.807, 2.05) is 30.3 Å². The normalized spacial score (nSPS) is 12.8. The molecule has 0 bridgehead atoms. The van der Waals surface area contributed by atoms with E-state index >= 15 is 0 Å². The first-order valence-electron chi connectivity index (χ1n) is 7.87. The molecular formula is C16H21N2O6PS. The van der Waals surface area contributed by atoms with E-state index in [0.717, 1.165) is 17.3 Å². The third kappa shape index (κ3) is 7.72. The first-order chi connectivity index (χ1) is 12.3. The molecule has 2 aromatic rings. The van der Waals surface area contributed by atoms with E-state index in [9.17, 15) is 14.2 Å². The monoisotopic (exact) mass is 400 g/mol.